The molecule has 0 saturated carbocycles. The molecule has 3 rings (SSSR count). The highest BCUT2D eigenvalue weighted by Gasteiger charge is 2.33. The van der Waals surface area contributed by atoms with Gasteiger partial charge >= 0.3 is 0 Å². The van der Waals surface area contributed by atoms with Gasteiger partial charge in [-0.05, 0) is 73.6 Å². The zero-order chi connectivity index (χ0) is 21.0. The molecule has 2 aromatic rings. The molecule has 1 aliphatic rings. The van der Waals surface area contributed by atoms with Crippen LogP contribution in [0, 0.1) is 0 Å². The van der Waals surface area contributed by atoms with E-state index in [-0.39, 0.29) is 16.3 Å². The van der Waals surface area contributed by atoms with Gasteiger partial charge in [-0.25, -0.2) is 0 Å². The number of ether oxygens (including phenoxy) is 1. The van der Waals surface area contributed by atoms with Crippen molar-refractivity contribution < 1.29 is 14.3 Å². The molecule has 0 spiro atoms. The molecule has 2 amide bonds. The highest BCUT2D eigenvalue weighted by atomic mass is 35.5. The fraction of sp³-hybridized carbons (Fsp3) is 0.190. The summed E-state index contributed by atoms with van der Waals surface area (Å²) < 4.78 is 6.02. The highest BCUT2D eigenvalue weighted by Crippen LogP contribution is 2.31. The molecule has 150 valence electrons. The second kappa shape index (κ2) is 9.43. The van der Waals surface area contributed by atoms with Gasteiger partial charge in [0.05, 0.1) is 11.0 Å². The molecule has 0 radical (unpaired) electrons. The summed E-state index contributed by atoms with van der Waals surface area (Å²) in [5.74, 6) is -0.0349. The van der Waals surface area contributed by atoms with Gasteiger partial charge in [-0.3, -0.25) is 15.0 Å². The Hall–Kier alpha value is -2.35. The summed E-state index contributed by atoms with van der Waals surface area (Å²) in [5, 5.41) is 1.61. The van der Waals surface area contributed by atoms with E-state index in [1.54, 1.807) is 30.3 Å². The molecule has 0 bridgehead atoms. The molecule has 0 aromatic heterocycles. The number of thioether (sulfide) groups is 1. The second-order valence-electron chi connectivity index (χ2n) is 6.37. The van der Waals surface area contributed by atoms with Crippen LogP contribution < -0.4 is 10.2 Å². The lowest BCUT2D eigenvalue weighted by atomic mass is 10.2. The van der Waals surface area contributed by atoms with E-state index in [1.165, 1.54) is 0 Å². The van der Waals surface area contributed by atoms with E-state index in [4.69, 9.17) is 28.6 Å². The van der Waals surface area contributed by atoms with Gasteiger partial charge in [0.1, 0.15) is 5.75 Å². The summed E-state index contributed by atoms with van der Waals surface area (Å²) in [5.41, 5.74) is 3.76. The van der Waals surface area contributed by atoms with Crippen LogP contribution in [0.5, 0.6) is 5.75 Å². The maximum absolute atomic E-state index is 12.7. The minimum atomic E-state index is -0.439. The van der Waals surface area contributed by atoms with E-state index >= 15 is 0 Å². The van der Waals surface area contributed by atoms with Crippen LogP contribution in [-0.2, 0) is 4.79 Å². The lowest BCUT2D eigenvalue weighted by molar-refractivity contribution is -0.123. The van der Waals surface area contributed by atoms with Crippen molar-refractivity contribution in [3.63, 3.8) is 0 Å². The third-order valence-electron chi connectivity index (χ3n) is 4.20. The number of nitrogens with one attached hydrogen (secondary N) is 1. The number of hydrogen-bond donors (Lipinski definition) is 1. The first-order valence-electron chi connectivity index (χ1n) is 8.98. The van der Waals surface area contributed by atoms with E-state index < -0.39 is 5.91 Å². The minimum Gasteiger partial charge on any atom is -0.491 e. The van der Waals surface area contributed by atoms with Crippen molar-refractivity contribution in [3.05, 3.63) is 69.6 Å². The number of rotatable bonds is 6. The number of carbonyl (C=O) groups is 2. The minimum absolute atomic E-state index is 0.140. The standard InChI is InChI=1S/C21H19ClN2O3S2/c1-3-13(2)27-17-10-4-14(5-11-17)12-18-20(26)24(21(28)29-18)23-19(25)15-6-8-16(22)9-7-15/h4-13H,3H2,1-2H3,(H,23,25)/b18-12-/t13-/m0/s1. The first-order valence-corrected chi connectivity index (χ1v) is 10.6. The van der Waals surface area contributed by atoms with E-state index in [0.717, 1.165) is 34.5 Å². The maximum atomic E-state index is 12.7. The second-order valence-corrected chi connectivity index (χ2v) is 8.48. The van der Waals surface area contributed by atoms with Crippen LogP contribution in [0.15, 0.2) is 53.4 Å². The topological polar surface area (TPSA) is 58.6 Å². The summed E-state index contributed by atoms with van der Waals surface area (Å²) in [6, 6.07) is 13.8. The third kappa shape index (κ3) is 5.38. The number of benzene rings is 2. The smallest absolute Gasteiger partial charge is 0.285 e. The molecule has 1 fully saturated rings. The molecule has 5 nitrogen and oxygen atoms in total. The first kappa shape index (κ1) is 21.4. The van der Waals surface area contributed by atoms with E-state index in [2.05, 4.69) is 12.3 Å². The number of amides is 2. The van der Waals surface area contributed by atoms with Gasteiger partial charge in [0, 0.05) is 10.6 Å². The third-order valence-corrected chi connectivity index (χ3v) is 5.76. The van der Waals surface area contributed by atoms with Crippen molar-refractivity contribution in [1.29, 1.82) is 0 Å². The normalized spacial score (nSPS) is 16.2. The number of nitrogens with zero attached hydrogens (tertiary/aromatic N) is 1. The van der Waals surface area contributed by atoms with Crippen molar-refractivity contribution in [3.8, 4) is 5.75 Å². The largest absolute Gasteiger partial charge is 0.491 e. The summed E-state index contributed by atoms with van der Waals surface area (Å²) in [6.45, 7) is 4.07. The number of carbonyl (C=O) groups excluding carboxylic acids is 2. The number of thiocarbonyl (C=S) groups is 1. The summed E-state index contributed by atoms with van der Waals surface area (Å²) in [4.78, 5) is 25.5. The zero-order valence-corrected chi connectivity index (χ0v) is 18.2. The van der Waals surface area contributed by atoms with Crippen molar-refractivity contribution in [2.45, 2.75) is 26.4 Å². The average molecular weight is 447 g/mol. The summed E-state index contributed by atoms with van der Waals surface area (Å²) >= 11 is 12.2. The van der Waals surface area contributed by atoms with Gasteiger partial charge in [-0.2, -0.15) is 5.01 Å². The van der Waals surface area contributed by atoms with Gasteiger partial charge in [-0.1, -0.05) is 42.4 Å². The summed E-state index contributed by atoms with van der Waals surface area (Å²) in [6.07, 6.45) is 2.80. The highest BCUT2D eigenvalue weighted by molar-refractivity contribution is 8.26. The first-order chi connectivity index (χ1) is 13.9. The van der Waals surface area contributed by atoms with Crippen molar-refractivity contribution >= 4 is 57.8 Å². The molecule has 1 N–H and O–H groups in total. The van der Waals surface area contributed by atoms with Crippen LogP contribution in [0.3, 0.4) is 0 Å². The fourth-order valence-electron chi connectivity index (χ4n) is 2.44. The van der Waals surface area contributed by atoms with Gasteiger partial charge in [0.25, 0.3) is 11.8 Å². The molecule has 1 heterocycles. The van der Waals surface area contributed by atoms with Crippen molar-refractivity contribution in [1.82, 2.24) is 10.4 Å². The Morgan fingerprint density at radius 2 is 1.90 bits per heavy atom. The Labute approximate surface area is 184 Å². The average Bonchev–Trinajstić information content (AvgIpc) is 2.97. The zero-order valence-electron chi connectivity index (χ0n) is 15.8. The monoisotopic (exact) mass is 446 g/mol. The van der Waals surface area contributed by atoms with Crippen LogP contribution in [0.2, 0.25) is 5.02 Å². The predicted octanol–water partition coefficient (Wildman–Crippen LogP) is 5.06. The van der Waals surface area contributed by atoms with Crippen LogP contribution in [0.25, 0.3) is 6.08 Å². The van der Waals surface area contributed by atoms with Gasteiger partial charge in [0.15, 0.2) is 4.32 Å². The van der Waals surface area contributed by atoms with Crippen molar-refractivity contribution in [2.75, 3.05) is 0 Å². The SMILES string of the molecule is CC[C@H](C)Oc1ccc(/C=C2\SC(=S)N(NC(=O)c3ccc(Cl)cc3)C2=O)cc1. The van der Waals surface area contributed by atoms with Crippen LogP contribution in [0.1, 0.15) is 36.2 Å². The van der Waals surface area contributed by atoms with Crippen LogP contribution >= 0.6 is 35.6 Å². The van der Waals surface area contributed by atoms with Gasteiger partial charge in [-0.15, -0.1) is 0 Å². The molecular formula is C21H19ClN2O3S2. The molecule has 0 aliphatic carbocycles. The predicted molar refractivity (Wildman–Crippen MR) is 121 cm³/mol. The molecule has 1 atom stereocenters. The van der Waals surface area contributed by atoms with E-state index in [9.17, 15) is 9.59 Å². The Morgan fingerprint density at radius 3 is 2.52 bits per heavy atom. The number of hydrogen-bond acceptors (Lipinski definition) is 5. The molecule has 1 aliphatic heterocycles. The molecule has 0 unspecified atom stereocenters. The Morgan fingerprint density at radius 1 is 1.24 bits per heavy atom. The molecule has 1 saturated heterocycles. The van der Waals surface area contributed by atoms with E-state index in [0.29, 0.717) is 15.5 Å². The Balaban J connectivity index is 1.69. The molecule has 29 heavy (non-hydrogen) atoms. The molecular weight excluding hydrogens is 428 g/mol. The lowest BCUT2D eigenvalue weighted by Crippen LogP contribution is -2.44. The Kier molecular flexibility index (Phi) is 6.95. The lowest BCUT2D eigenvalue weighted by Gasteiger charge is -2.15. The fourth-order valence-corrected chi connectivity index (χ4v) is 3.75. The van der Waals surface area contributed by atoms with Crippen LogP contribution in [-0.4, -0.2) is 27.2 Å². The number of hydrazine groups is 1. The molecule has 2 aromatic carbocycles. The number of halogens is 1. The quantitative estimate of drug-likeness (QED) is 0.496. The Bertz CT molecular complexity index is 959. The van der Waals surface area contributed by atoms with Gasteiger partial charge < -0.3 is 4.74 Å². The van der Waals surface area contributed by atoms with Crippen LogP contribution in [0.4, 0.5) is 0 Å². The van der Waals surface area contributed by atoms with Crippen molar-refractivity contribution in [2.24, 2.45) is 0 Å². The maximum Gasteiger partial charge on any atom is 0.285 e. The van der Waals surface area contributed by atoms with E-state index in [1.807, 2.05) is 31.2 Å². The van der Waals surface area contributed by atoms with Gasteiger partial charge in [0.2, 0.25) is 0 Å². The molecule has 8 heteroatoms. The summed E-state index contributed by atoms with van der Waals surface area (Å²) in [7, 11) is 0.